The maximum atomic E-state index is 11.9. The number of rotatable bonds is 8. The molecule has 4 rings (SSSR count). The number of nitrogens with one attached hydrogen (secondary N) is 2. The maximum absolute atomic E-state index is 11.9. The maximum Gasteiger partial charge on any atom is 0.238 e. The average molecular weight is 446 g/mol. The van der Waals surface area contributed by atoms with Crippen molar-refractivity contribution in [2.75, 3.05) is 37.6 Å². The first-order valence-corrected chi connectivity index (χ1v) is 11.0. The number of ether oxygens (including phenoxy) is 2. The molecule has 31 heavy (non-hydrogen) atoms. The summed E-state index contributed by atoms with van der Waals surface area (Å²) in [5, 5.41) is 8.57. The summed E-state index contributed by atoms with van der Waals surface area (Å²) in [7, 11) is 3.34. The van der Waals surface area contributed by atoms with Gasteiger partial charge >= 0.3 is 0 Å². The highest BCUT2D eigenvalue weighted by atomic mass is 35.5. The zero-order chi connectivity index (χ0) is 21.8. The van der Waals surface area contributed by atoms with Gasteiger partial charge in [0.15, 0.2) is 5.82 Å². The first kappa shape index (κ1) is 21.5. The number of hydrogen-bond acceptors (Lipinski definition) is 7. The summed E-state index contributed by atoms with van der Waals surface area (Å²) in [6.07, 6.45) is 6.38. The fourth-order valence-corrected chi connectivity index (χ4v) is 4.27. The van der Waals surface area contributed by atoms with E-state index in [1.165, 1.54) is 5.56 Å². The van der Waals surface area contributed by atoms with E-state index in [0.29, 0.717) is 29.1 Å². The Bertz CT molecular complexity index is 929. The topological polar surface area (TPSA) is 88.6 Å². The van der Waals surface area contributed by atoms with Crippen molar-refractivity contribution >= 4 is 29.0 Å². The quantitative estimate of drug-likeness (QED) is 0.598. The molecule has 1 amide bonds. The van der Waals surface area contributed by atoms with E-state index in [1.807, 2.05) is 12.1 Å². The second kappa shape index (κ2) is 9.60. The highest BCUT2D eigenvalue weighted by Crippen LogP contribution is 2.39. The number of methoxy groups -OCH3 is 2. The van der Waals surface area contributed by atoms with E-state index in [-0.39, 0.29) is 5.91 Å². The van der Waals surface area contributed by atoms with Crippen LogP contribution in [0, 0.1) is 5.92 Å². The Morgan fingerprint density at radius 2 is 1.97 bits per heavy atom. The predicted octanol–water partition coefficient (Wildman–Crippen LogP) is 3.77. The molecule has 1 aromatic carbocycles. The van der Waals surface area contributed by atoms with Crippen molar-refractivity contribution in [3.63, 3.8) is 0 Å². The molecule has 0 unspecified atom stereocenters. The Kier molecular flexibility index (Phi) is 6.65. The molecule has 0 spiro atoms. The van der Waals surface area contributed by atoms with E-state index >= 15 is 0 Å². The van der Waals surface area contributed by atoms with Crippen molar-refractivity contribution in [1.82, 2.24) is 15.6 Å². The van der Waals surface area contributed by atoms with E-state index in [1.54, 1.807) is 20.4 Å². The average Bonchev–Trinajstić information content (AvgIpc) is 3.62. The molecule has 2 heterocycles. The molecule has 0 atom stereocenters. The van der Waals surface area contributed by atoms with Gasteiger partial charge in [0.2, 0.25) is 5.91 Å². The molecule has 8 nitrogen and oxygen atoms in total. The normalized spacial score (nSPS) is 16.7. The zero-order valence-electron chi connectivity index (χ0n) is 17.9. The van der Waals surface area contributed by atoms with Crippen molar-refractivity contribution < 1.29 is 14.3 Å². The Balaban J connectivity index is 1.39. The SMILES string of the molecule is COc1ccc(C2CCN(c3cnnc(NNC(=O)CC4CC4)c3Cl)CC2)c(OC)c1. The highest BCUT2D eigenvalue weighted by molar-refractivity contribution is 6.35. The second-order valence-corrected chi connectivity index (χ2v) is 8.46. The van der Waals surface area contributed by atoms with Crippen molar-refractivity contribution in [2.24, 2.45) is 5.92 Å². The van der Waals surface area contributed by atoms with Gasteiger partial charge in [-0.3, -0.25) is 15.6 Å². The standard InChI is InChI=1S/C22H28ClN5O3/c1-30-16-5-6-17(19(12-16)31-2)15-7-9-28(10-8-15)18-13-24-26-22(21(18)23)27-25-20(29)11-14-3-4-14/h5-6,12-15H,3-4,7-11H2,1-2H3,(H,25,29)(H,26,27). The number of aromatic nitrogens is 2. The molecule has 1 aliphatic carbocycles. The van der Waals surface area contributed by atoms with Crippen LogP contribution in [0.2, 0.25) is 5.02 Å². The lowest BCUT2D eigenvalue weighted by Crippen LogP contribution is -2.34. The first-order valence-electron chi connectivity index (χ1n) is 10.6. The number of hydrogen-bond donors (Lipinski definition) is 2. The number of nitrogens with zero attached hydrogens (tertiary/aromatic N) is 3. The van der Waals surface area contributed by atoms with Gasteiger partial charge in [-0.15, -0.1) is 5.10 Å². The second-order valence-electron chi connectivity index (χ2n) is 8.08. The summed E-state index contributed by atoms with van der Waals surface area (Å²) >= 11 is 6.59. The summed E-state index contributed by atoms with van der Waals surface area (Å²) in [4.78, 5) is 14.1. The summed E-state index contributed by atoms with van der Waals surface area (Å²) in [5.41, 5.74) is 7.51. The van der Waals surface area contributed by atoms with Crippen molar-refractivity contribution in [3.8, 4) is 11.5 Å². The molecule has 2 N–H and O–H groups in total. The van der Waals surface area contributed by atoms with Crippen LogP contribution in [-0.4, -0.2) is 43.4 Å². The number of benzene rings is 1. The molecular formula is C22H28ClN5O3. The number of halogens is 1. The molecule has 166 valence electrons. The molecule has 0 radical (unpaired) electrons. The van der Waals surface area contributed by atoms with Gasteiger partial charge in [-0.25, -0.2) is 0 Å². The van der Waals surface area contributed by atoms with Gasteiger partial charge < -0.3 is 14.4 Å². The Morgan fingerprint density at radius 1 is 1.19 bits per heavy atom. The van der Waals surface area contributed by atoms with Gasteiger partial charge in [-0.1, -0.05) is 17.7 Å². The lowest BCUT2D eigenvalue weighted by molar-refractivity contribution is -0.120. The Labute approximate surface area is 187 Å². The minimum absolute atomic E-state index is 0.0555. The lowest BCUT2D eigenvalue weighted by atomic mass is 9.88. The van der Waals surface area contributed by atoms with E-state index in [4.69, 9.17) is 21.1 Å². The molecule has 0 bridgehead atoms. The minimum Gasteiger partial charge on any atom is -0.497 e. The van der Waals surface area contributed by atoms with Gasteiger partial charge in [0.25, 0.3) is 0 Å². The van der Waals surface area contributed by atoms with Crippen LogP contribution in [-0.2, 0) is 4.79 Å². The van der Waals surface area contributed by atoms with Crippen LogP contribution < -0.4 is 25.2 Å². The zero-order valence-corrected chi connectivity index (χ0v) is 18.6. The number of amides is 1. The number of carbonyl (C=O) groups excluding carboxylic acids is 1. The van der Waals surface area contributed by atoms with Crippen LogP contribution in [0.5, 0.6) is 11.5 Å². The van der Waals surface area contributed by atoms with Crippen molar-refractivity contribution in [3.05, 3.63) is 35.0 Å². The van der Waals surface area contributed by atoms with E-state index in [0.717, 1.165) is 56.0 Å². The van der Waals surface area contributed by atoms with Crippen LogP contribution in [0.4, 0.5) is 11.5 Å². The largest absolute Gasteiger partial charge is 0.497 e. The van der Waals surface area contributed by atoms with Gasteiger partial charge in [0, 0.05) is 25.6 Å². The lowest BCUT2D eigenvalue weighted by Gasteiger charge is -2.34. The van der Waals surface area contributed by atoms with Crippen LogP contribution in [0.3, 0.4) is 0 Å². The fraction of sp³-hybridized carbons (Fsp3) is 0.500. The predicted molar refractivity (Wildman–Crippen MR) is 120 cm³/mol. The van der Waals surface area contributed by atoms with E-state index in [9.17, 15) is 4.79 Å². The third-order valence-electron chi connectivity index (χ3n) is 5.98. The van der Waals surface area contributed by atoms with Crippen LogP contribution >= 0.6 is 11.6 Å². The third-order valence-corrected chi connectivity index (χ3v) is 6.35. The van der Waals surface area contributed by atoms with E-state index in [2.05, 4.69) is 32.0 Å². The number of piperidine rings is 1. The van der Waals surface area contributed by atoms with Gasteiger partial charge in [0.1, 0.15) is 16.5 Å². The molecule has 1 aliphatic heterocycles. The van der Waals surface area contributed by atoms with Gasteiger partial charge in [-0.2, -0.15) is 5.10 Å². The Hall–Kier alpha value is -2.74. The molecule has 9 heteroatoms. The van der Waals surface area contributed by atoms with Gasteiger partial charge in [0.05, 0.1) is 26.1 Å². The molecule has 2 aliphatic rings. The van der Waals surface area contributed by atoms with Crippen LogP contribution in [0.15, 0.2) is 24.4 Å². The summed E-state index contributed by atoms with van der Waals surface area (Å²) < 4.78 is 10.9. The monoisotopic (exact) mass is 445 g/mol. The van der Waals surface area contributed by atoms with Crippen LogP contribution in [0.25, 0.3) is 0 Å². The molecule has 2 fully saturated rings. The molecular weight excluding hydrogens is 418 g/mol. The highest BCUT2D eigenvalue weighted by Gasteiger charge is 2.26. The third kappa shape index (κ3) is 5.12. The number of anilines is 2. The van der Waals surface area contributed by atoms with Gasteiger partial charge in [-0.05, 0) is 49.1 Å². The molecule has 1 saturated heterocycles. The molecule has 1 aromatic heterocycles. The number of hydrazine groups is 1. The molecule has 1 saturated carbocycles. The summed E-state index contributed by atoms with van der Waals surface area (Å²) in [6.45, 7) is 1.66. The van der Waals surface area contributed by atoms with Crippen molar-refractivity contribution in [2.45, 2.75) is 38.0 Å². The van der Waals surface area contributed by atoms with Crippen molar-refractivity contribution in [1.29, 1.82) is 0 Å². The fourth-order valence-electron chi connectivity index (χ4n) is 4.01. The summed E-state index contributed by atoms with van der Waals surface area (Å²) in [6, 6.07) is 6.00. The number of carbonyl (C=O) groups is 1. The first-order chi connectivity index (χ1) is 15.1. The smallest absolute Gasteiger partial charge is 0.238 e. The van der Waals surface area contributed by atoms with Crippen LogP contribution in [0.1, 0.15) is 43.6 Å². The summed E-state index contributed by atoms with van der Waals surface area (Å²) in [5.74, 6) is 2.86. The Morgan fingerprint density at radius 3 is 2.65 bits per heavy atom. The molecule has 2 aromatic rings. The van der Waals surface area contributed by atoms with E-state index < -0.39 is 0 Å². The minimum atomic E-state index is -0.0555.